The Balaban J connectivity index is 1.41. The monoisotopic (exact) mass is 475 g/mol. The number of ether oxygens (including phenoxy) is 2. The summed E-state index contributed by atoms with van der Waals surface area (Å²) >= 11 is 0. The van der Waals surface area contributed by atoms with Crippen LogP contribution in [0.15, 0.2) is 53.6 Å². The third kappa shape index (κ3) is 5.51. The molecule has 9 nitrogen and oxygen atoms in total. The van der Waals surface area contributed by atoms with E-state index in [1.165, 1.54) is 10.6 Å². The third-order valence-electron chi connectivity index (χ3n) is 5.53. The molecular formula is C26H29N5O4. The molecule has 0 saturated heterocycles. The van der Waals surface area contributed by atoms with Crippen LogP contribution in [0.3, 0.4) is 0 Å². The van der Waals surface area contributed by atoms with Crippen molar-refractivity contribution in [2.24, 2.45) is 0 Å². The Morgan fingerprint density at radius 3 is 2.46 bits per heavy atom. The third-order valence-corrected chi connectivity index (χ3v) is 5.53. The number of anilines is 1. The molecule has 0 unspecified atom stereocenters. The van der Waals surface area contributed by atoms with Crippen molar-refractivity contribution in [1.29, 1.82) is 0 Å². The van der Waals surface area contributed by atoms with Crippen LogP contribution >= 0.6 is 0 Å². The lowest BCUT2D eigenvalue weighted by Crippen LogP contribution is -2.23. The minimum absolute atomic E-state index is 0.0773. The number of carbonyl (C=O) groups is 1. The van der Waals surface area contributed by atoms with Crippen molar-refractivity contribution in [3.63, 3.8) is 0 Å². The van der Waals surface area contributed by atoms with Gasteiger partial charge in [-0.15, -0.1) is 0 Å². The van der Waals surface area contributed by atoms with E-state index in [2.05, 4.69) is 15.3 Å². The van der Waals surface area contributed by atoms with E-state index in [1.807, 2.05) is 58.9 Å². The van der Waals surface area contributed by atoms with Gasteiger partial charge in [-0.25, -0.2) is 4.98 Å². The number of aromatic nitrogens is 4. The lowest BCUT2D eigenvalue weighted by atomic mass is 10.1. The molecule has 4 aromatic rings. The Labute approximate surface area is 203 Å². The molecular weight excluding hydrogens is 446 g/mol. The van der Waals surface area contributed by atoms with E-state index in [4.69, 9.17) is 9.47 Å². The van der Waals surface area contributed by atoms with Gasteiger partial charge in [-0.2, -0.15) is 9.50 Å². The van der Waals surface area contributed by atoms with Crippen LogP contribution in [0.2, 0.25) is 0 Å². The van der Waals surface area contributed by atoms with Crippen molar-refractivity contribution in [3.8, 4) is 11.5 Å². The van der Waals surface area contributed by atoms with Crippen molar-refractivity contribution in [3.05, 3.63) is 81.5 Å². The second-order valence-corrected chi connectivity index (χ2v) is 8.79. The number of carbonyl (C=O) groups excluding carboxylic acids is 1. The molecule has 35 heavy (non-hydrogen) atoms. The molecule has 1 N–H and O–H groups in total. The van der Waals surface area contributed by atoms with Gasteiger partial charge in [0.1, 0.15) is 24.4 Å². The number of hydrogen-bond acceptors (Lipinski definition) is 6. The zero-order valence-corrected chi connectivity index (χ0v) is 20.5. The normalized spacial score (nSPS) is 11.1. The van der Waals surface area contributed by atoms with E-state index >= 15 is 0 Å². The van der Waals surface area contributed by atoms with Gasteiger partial charge in [0.25, 0.3) is 17.2 Å². The first-order valence-corrected chi connectivity index (χ1v) is 11.4. The Bertz CT molecular complexity index is 1440. The second-order valence-electron chi connectivity index (χ2n) is 8.79. The molecule has 0 aliphatic heterocycles. The highest BCUT2D eigenvalue weighted by atomic mass is 16.5. The Morgan fingerprint density at radius 1 is 1.00 bits per heavy atom. The van der Waals surface area contributed by atoms with E-state index in [9.17, 15) is 9.59 Å². The topological polar surface area (TPSA) is 99.7 Å². The maximum absolute atomic E-state index is 12.6. The van der Waals surface area contributed by atoms with Gasteiger partial charge in [0.05, 0.1) is 5.69 Å². The highest BCUT2D eigenvalue weighted by molar-refractivity contribution is 5.92. The molecule has 2 aromatic carbocycles. The fourth-order valence-electron chi connectivity index (χ4n) is 3.60. The second kappa shape index (κ2) is 10.0. The van der Waals surface area contributed by atoms with Crippen LogP contribution < -0.4 is 20.3 Å². The van der Waals surface area contributed by atoms with Crippen molar-refractivity contribution in [2.45, 2.75) is 47.3 Å². The summed E-state index contributed by atoms with van der Waals surface area (Å²) in [5.74, 6) is 1.31. The molecule has 0 atom stereocenters. The maximum Gasteiger partial charge on any atom is 0.274 e. The van der Waals surface area contributed by atoms with Gasteiger partial charge in [-0.1, -0.05) is 18.2 Å². The fraction of sp³-hybridized carbons (Fsp3) is 0.308. The van der Waals surface area contributed by atoms with Crippen molar-refractivity contribution in [2.75, 3.05) is 11.9 Å². The predicted octanol–water partition coefficient (Wildman–Crippen LogP) is 3.99. The predicted molar refractivity (Wildman–Crippen MR) is 133 cm³/mol. The Kier molecular flexibility index (Phi) is 6.86. The summed E-state index contributed by atoms with van der Waals surface area (Å²) in [6, 6.07) is 12.8. The summed E-state index contributed by atoms with van der Waals surface area (Å²) in [6.07, 6.45) is 1.60. The minimum Gasteiger partial charge on any atom is -0.487 e. The van der Waals surface area contributed by atoms with Gasteiger partial charge in [-0.3, -0.25) is 14.3 Å². The molecule has 182 valence electrons. The van der Waals surface area contributed by atoms with Crippen molar-refractivity contribution in [1.82, 2.24) is 19.2 Å². The van der Waals surface area contributed by atoms with Crippen LogP contribution in [0.1, 0.15) is 42.3 Å². The van der Waals surface area contributed by atoms with Crippen LogP contribution in [-0.4, -0.2) is 31.7 Å². The van der Waals surface area contributed by atoms with Gasteiger partial charge in [0.15, 0.2) is 6.61 Å². The molecule has 4 rings (SSSR count). The van der Waals surface area contributed by atoms with Crippen LogP contribution in [0, 0.1) is 20.8 Å². The molecule has 2 heterocycles. The molecule has 0 bridgehead atoms. The first-order valence-electron chi connectivity index (χ1n) is 11.4. The summed E-state index contributed by atoms with van der Waals surface area (Å²) < 4.78 is 14.8. The number of fused-ring (bicyclic) bond motifs is 1. The number of rotatable bonds is 8. The smallest absolute Gasteiger partial charge is 0.274 e. The highest BCUT2D eigenvalue weighted by Gasteiger charge is 2.12. The number of nitrogens with one attached hydrogen (secondary N) is 1. The average Bonchev–Trinajstić information content (AvgIpc) is 3.25. The molecule has 0 radical (unpaired) electrons. The van der Waals surface area contributed by atoms with E-state index in [-0.39, 0.29) is 30.7 Å². The van der Waals surface area contributed by atoms with Crippen LogP contribution in [0.5, 0.6) is 11.5 Å². The maximum atomic E-state index is 12.6. The van der Waals surface area contributed by atoms with Gasteiger partial charge in [0.2, 0.25) is 0 Å². The van der Waals surface area contributed by atoms with Gasteiger partial charge in [0, 0.05) is 23.9 Å². The SMILES string of the molecule is Cc1ccc(C)c(OCC(=O)Nc2ccc(C)c(OCc3cc(=O)n4c(ncn4C(C)C)n3)c2)c1. The average molecular weight is 476 g/mol. The summed E-state index contributed by atoms with van der Waals surface area (Å²) in [5, 5.41) is 2.83. The van der Waals surface area contributed by atoms with E-state index in [1.54, 1.807) is 23.1 Å². The fourth-order valence-corrected chi connectivity index (χ4v) is 3.60. The number of hydrogen-bond donors (Lipinski definition) is 1. The lowest BCUT2D eigenvalue weighted by molar-refractivity contribution is -0.118. The molecule has 1 amide bonds. The molecule has 0 spiro atoms. The zero-order valence-electron chi connectivity index (χ0n) is 20.5. The number of amides is 1. The standard InChI is InChI=1S/C26H29N5O4/c1-16(2)30-15-27-26-29-21(12-25(33)31(26)30)13-34-23-11-20(9-8-19(23)5)28-24(32)14-35-22-10-17(3)6-7-18(22)4/h6-12,15-16H,13-14H2,1-5H3,(H,28,32). The Morgan fingerprint density at radius 2 is 1.71 bits per heavy atom. The molecule has 0 fully saturated rings. The number of benzene rings is 2. The summed E-state index contributed by atoms with van der Waals surface area (Å²) in [4.78, 5) is 33.7. The summed E-state index contributed by atoms with van der Waals surface area (Å²) in [6.45, 7) is 9.74. The van der Waals surface area contributed by atoms with Gasteiger partial charge >= 0.3 is 0 Å². The first kappa shape index (κ1) is 24.0. The summed E-state index contributed by atoms with van der Waals surface area (Å²) in [5.41, 5.74) is 3.75. The molecule has 0 aliphatic rings. The van der Waals surface area contributed by atoms with E-state index in [0.717, 1.165) is 16.7 Å². The number of aryl methyl sites for hydroxylation is 3. The minimum atomic E-state index is -0.276. The van der Waals surface area contributed by atoms with Crippen LogP contribution in [-0.2, 0) is 11.4 Å². The first-order chi connectivity index (χ1) is 16.7. The quantitative estimate of drug-likeness (QED) is 0.414. The van der Waals surface area contributed by atoms with Crippen molar-refractivity contribution >= 4 is 17.4 Å². The number of nitrogens with zero attached hydrogens (tertiary/aromatic N) is 4. The van der Waals surface area contributed by atoms with E-state index < -0.39 is 0 Å². The molecule has 0 saturated carbocycles. The summed E-state index contributed by atoms with van der Waals surface area (Å²) in [7, 11) is 0. The highest BCUT2D eigenvalue weighted by Crippen LogP contribution is 2.24. The zero-order chi connectivity index (χ0) is 25.1. The molecule has 9 heteroatoms. The molecule has 2 aromatic heterocycles. The van der Waals surface area contributed by atoms with Gasteiger partial charge in [-0.05, 0) is 63.4 Å². The van der Waals surface area contributed by atoms with Crippen molar-refractivity contribution < 1.29 is 14.3 Å². The van der Waals surface area contributed by atoms with Gasteiger partial charge < -0.3 is 14.8 Å². The van der Waals surface area contributed by atoms with Crippen LogP contribution in [0.4, 0.5) is 5.69 Å². The lowest BCUT2D eigenvalue weighted by Gasteiger charge is -2.13. The van der Waals surface area contributed by atoms with Crippen LogP contribution in [0.25, 0.3) is 5.78 Å². The largest absolute Gasteiger partial charge is 0.487 e. The van der Waals surface area contributed by atoms with E-state index in [0.29, 0.717) is 28.7 Å². The molecule has 0 aliphatic carbocycles. The Hall–Kier alpha value is -4.14.